The number of aromatic carboxylic acids is 1. The number of carboxylic acid groups (broad SMARTS) is 1. The Morgan fingerprint density at radius 3 is 2.80 bits per heavy atom. The number of fused-ring (bicyclic) bond motifs is 1. The summed E-state index contributed by atoms with van der Waals surface area (Å²) in [5.74, 6) is 0.173. The van der Waals surface area contributed by atoms with Gasteiger partial charge in [-0.15, -0.1) is 0 Å². The normalized spacial score (nSPS) is 13.3. The van der Waals surface area contributed by atoms with E-state index in [2.05, 4.69) is 5.16 Å². The van der Waals surface area contributed by atoms with Gasteiger partial charge in [0.05, 0.1) is 5.02 Å². The van der Waals surface area contributed by atoms with E-state index in [1.807, 2.05) is 0 Å². The molecule has 0 spiro atoms. The molecule has 0 saturated heterocycles. The zero-order chi connectivity index (χ0) is 14.3. The van der Waals surface area contributed by atoms with Crippen LogP contribution < -0.4 is 9.47 Å². The van der Waals surface area contributed by atoms with Crippen molar-refractivity contribution >= 4 is 17.6 Å². The molecule has 1 aromatic heterocycles. The summed E-state index contributed by atoms with van der Waals surface area (Å²) in [6.45, 7) is 2.67. The van der Waals surface area contributed by atoms with Crippen molar-refractivity contribution in [2.45, 2.75) is 6.92 Å². The first-order chi connectivity index (χ1) is 9.58. The highest BCUT2D eigenvalue weighted by Gasteiger charge is 2.23. The van der Waals surface area contributed by atoms with E-state index >= 15 is 0 Å². The molecule has 1 aromatic carbocycles. The van der Waals surface area contributed by atoms with Gasteiger partial charge in [-0.2, -0.15) is 0 Å². The number of carbonyl (C=O) groups is 1. The molecule has 1 N–H and O–H groups in total. The molecule has 7 heteroatoms. The molecule has 0 amide bonds. The maximum absolute atomic E-state index is 10.8. The topological polar surface area (TPSA) is 81.8 Å². The minimum Gasteiger partial charge on any atom is -0.486 e. The quantitative estimate of drug-likeness (QED) is 0.917. The molecule has 6 nitrogen and oxygen atoms in total. The number of nitrogens with zero attached hydrogens (tertiary/aromatic N) is 1. The maximum atomic E-state index is 10.8. The number of hydrogen-bond acceptors (Lipinski definition) is 5. The van der Waals surface area contributed by atoms with Crippen molar-refractivity contribution < 1.29 is 23.9 Å². The fourth-order valence-electron chi connectivity index (χ4n) is 2.00. The fraction of sp³-hybridized carbons (Fsp3) is 0.231. The van der Waals surface area contributed by atoms with Crippen molar-refractivity contribution in [1.82, 2.24) is 5.16 Å². The van der Waals surface area contributed by atoms with E-state index in [9.17, 15) is 4.79 Å². The Morgan fingerprint density at radius 2 is 2.10 bits per heavy atom. The van der Waals surface area contributed by atoms with Crippen LogP contribution in [-0.4, -0.2) is 29.4 Å². The average Bonchev–Trinajstić information content (AvgIpc) is 2.92. The first-order valence-corrected chi connectivity index (χ1v) is 6.25. The third kappa shape index (κ3) is 1.98. The number of benzene rings is 1. The Morgan fingerprint density at radius 1 is 1.35 bits per heavy atom. The standard InChI is InChI=1S/C13H10ClNO5/c1-6-7(9-5-8(13(16)17)15-20-9)4-10-12(11(6)14)19-3-2-18-10/h4-5H,2-3H2,1H3,(H,16,17). The lowest BCUT2D eigenvalue weighted by atomic mass is 10.0. The van der Waals surface area contributed by atoms with Gasteiger partial charge in [0.15, 0.2) is 23.0 Å². The lowest BCUT2D eigenvalue weighted by Crippen LogP contribution is -2.16. The van der Waals surface area contributed by atoms with Crippen molar-refractivity contribution in [2.75, 3.05) is 13.2 Å². The van der Waals surface area contributed by atoms with E-state index in [1.165, 1.54) is 6.07 Å². The zero-order valence-corrected chi connectivity index (χ0v) is 11.2. The predicted octanol–water partition coefficient (Wildman–Crippen LogP) is 2.77. The van der Waals surface area contributed by atoms with Crippen LogP contribution in [0.2, 0.25) is 5.02 Å². The highest BCUT2D eigenvalue weighted by molar-refractivity contribution is 6.33. The van der Waals surface area contributed by atoms with Gasteiger partial charge in [-0.3, -0.25) is 0 Å². The van der Waals surface area contributed by atoms with Crippen molar-refractivity contribution in [3.63, 3.8) is 0 Å². The number of ether oxygens (including phenoxy) is 2. The van der Waals surface area contributed by atoms with Crippen LogP contribution in [0.4, 0.5) is 0 Å². The summed E-state index contributed by atoms with van der Waals surface area (Å²) in [7, 11) is 0. The van der Waals surface area contributed by atoms with Crippen molar-refractivity contribution in [3.8, 4) is 22.8 Å². The molecule has 0 atom stereocenters. The smallest absolute Gasteiger partial charge is 0.358 e. The molecule has 0 fully saturated rings. The molecule has 3 rings (SSSR count). The average molecular weight is 296 g/mol. The highest BCUT2D eigenvalue weighted by atomic mass is 35.5. The monoisotopic (exact) mass is 295 g/mol. The highest BCUT2D eigenvalue weighted by Crippen LogP contribution is 2.44. The molecule has 1 aliphatic rings. The number of halogens is 1. The molecule has 0 radical (unpaired) electrons. The van der Waals surface area contributed by atoms with E-state index in [1.54, 1.807) is 13.0 Å². The van der Waals surface area contributed by atoms with Crippen LogP contribution in [-0.2, 0) is 0 Å². The Bertz CT molecular complexity index is 694. The van der Waals surface area contributed by atoms with Crippen molar-refractivity contribution in [2.24, 2.45) is 0 Å². The molecular weight excluding hydrogens is 286 g/mol. The third-order valence-corrected chi connectivity index (χ3v) is 3.47. The van der Waals surface area contributed by atoms with Crippen LogP contribution in [0.3, 0.4) is 0 Å². The van der Waals surface area contributed by atoms with Crippen LogP contribution in [0.1, 0.15) is 16.1 Å². The second-order valence-electron chi connectivity index (χ2n) is 4.27. The molecule has 2 aromatic rings. The van der Waals surface area contributed by atoms with E-state index in [4.69, 9.17) is 30.7 Å². The largest absolute Gasteiger partial charge is 0.486 e. The van der Waals surface area contributed by atoms with Crippen LogP contribution in [0.15, 0.2) is 16.7 Å². The van der Waals surface area contributed by atoms with Gasteiger partial charge in [0.1, 0.15) is 13.2 Å². The summed E-state index contributed by atoms with van der Waals surface area (Å²) in [5.41, 5.74) is 1.17. The summed E-state index contributed by atoms with van der Waals surface area (Å²) >= 11 is 6.25. The molecule has 0 saturated carbocycles. The summed E-state index contributed by atoms with van der Waals surface area (Å²) in [5, 5.41) is 12.8. The van der Waals surface area contributed by atoms with Gasteiger partial charge in [-0.05, 0) is 18.6 Å². The summed E-state index contributed by atoms with van der Waals surface area (Å²) in [4.78, 5) is 10.8. The lowest BCUT2D eigenvalue weighted by Gasteiger charge is -2.21. The van der Waals surface area contributed by atoms with Gasteiger partial charge in [0.25, 0.3) is 0 Å². The first kappa shape index (κ1) is 12.8. The van der Waals surface area contributed by atoms with Crippen LogP contribution in [0.25, 0.3) is 11.3 Å². The number of rotatable bonds is 2. The molecule has 2 heterocycles. The van der Waals surface area contributed by atoms with Crippen LogP contribution in [0, 0.1) is 6.92 Å². The van der Waals surface area contributed by atoms with Gasteiger partial charge in [-0.1, -0.05) is 16.8 Å². The summed E-state index contributed by atoms with van der Waals surface area (Å²) in [6, 6.07) is 3.05. The molecule has 0 unspecified atom stereocenters. The Balaban J connectivity index is 2.13. The number of hydrogen-bond donors (Lipinski definition) is 1. The maximum Gasteiger partial charge on any atom is 0.358 e. The lowest BCUT2D eigenvalue weighted by molar-refractivity contribution is 0.0686. The molecule has 104 valence electrons. The SMILES string of the molecule is Cc1c(-c2cc(C(=O)O)no2)cc2c(c1Cl)OCCO2. The Labute approximate surface area is 118 Å². The molecule has 1 aliphatic heterocycles. The third-order valence-electron chi connectivity index (χ3n) is 3.01. The van der Waals surface area contributed by atoms with Crippen LogP contribution >= 0.6 is 11.6 Å². The van der Waals surface area contributed by atoms with Gasteiger partial charge < -0.3 is 19.1 Å². The fourth-order valence-corrected chi connectivity index (χ4v) is 2.25. The number of aromatic nitrogens is 1. The Hall–Kier alpha value is -2.21. The summed E-state index contributed by atoms with van der Waals surface area (Å²) < 4.78 is 16.0. The van der Waals surface area contributed by atoms with Gasteiger partial charge in [0, 0.05) is 11.6 Å². The number of carboxylic acids is 1. The van der Waals surface area contributed by atoms with E-state index < -0.39 is 5.97 Å². The van der Waals surface area contributed by atoms with E-state index in [0.29, 0.717) is 46.6 Å². The van der Waals surface area contributed by atoms with Gasteiger partial charge in [-0.25, -0.2) is 4.79 Å². The van der Waals surface area contributed by atoms with E-state index in [-0.39, 0.29) is 5.69 Å². The Kier molecular flexibility index (Phi) is 3.02. The molecule has 0 aliphatic carbocycles. The minimum absolute atomic E-state index is 0.162. The minimum atomic E-state index is -1.15. The summed E-state index contributed by atoms with van der Waals surface area (Å²) in [6.07, 6.45) is 0. The van der Waals surface area contributed by atoms with Crippen molar-refractivity contribution in [3.05, 3.63) is 28.4 Å². The second kappa shape index (κ2) is 4.72. The zero-order valence-electron chi connectivity index (χ0n) is 10.5. The molecular formula is C13H10ClNO5. The van der Waals surface area contributed by atoms with Crippen LogP contribution in [0.5, 0.6) is 11.5 Å². The van der Waals surface area contributed by atoms with E-state index in [0.717, 1.165) is 0 Å². The second-order valence-corrected chi connectivity index (χ2v) is 4.65. The molecule has 20 heavy (non-hydrogen) atoms. The predicted molar refractivity (Wildman–Crippen MR) is 69.6 cm³/mol. The van der Waals surface area contributed by atoms with Gasteiger partial charge in [0.2, 0.25) is 0 Å². The first-order valence-electron chi connectivity index (χ1n) is 5.87. The van der Waals surface area contributed by atoms with Gasteiger partial charge >= 0.3 is 5.97 Å². The van der Waals surface area contributed by atoms with Crippen molar-refractivity contribution in [1.29, 1.82) is 0 Å². The molecule has 0 bridgehead atoms.